The molecule has 1 unspecified atom stereocenters. The van der Waals surface area contributed by atoms with Crippen molar-refractivity contribution < 1.29 is 23.5 Å². The quantitative estimate of drug-likeness (QED) is 0.134. The van der Waals surface area contributed by atoms with Crippen LogP contribution in [0, 0.1) is 0 Å². The average Bonchev–Trinajstić information content (AvgIpc) is 2.85. The van der Waals surface area contributed by atoms with E-state index in [1.165, 1.54) is 0 Å². The molecule has 35 heavy (non-hydrogen) atoms. The molecule has 0 rings (SSSR count). The van der Waals surface area contributed by atoms with E-state index in [0.717, 1.165) is 113 Å². The summed E-state index contributed by atoms with van der Waals surface area (Å²) in [7, 11) is -4.51. The summed E-state index contributed by atoms with van der Waals surface area (Å²) in [6, 6.07) is 5.80. The number of aliphatic hydroxyl groups is 1. The lowest BCUT2D eigenvalue weighted by Crippen LogP contribution is -2.45. The molecule has 0 bridgehead atoms. The van der Waals surface area contributed by atoms with E-state index in [1.807, 2.05) is 0 Å². The monoisotopic (exact) mass is 530 g/mol. The van der Waals surface area contributed by atoms with Crippen molar-refractivity contribution in [3.05, 3.63) is 0 Å². The van der Waals surface area contributed by atoms with Crippen molar-refractivity contribution in [1.29, 1.82) is 0 Å². The number of unbranched alkanes of at least 4 members (excludes halogenated alkanes) is 6. The fraction of sp³-hybridized carbons (Fsp3) is 0.929. The van der Waals surface area contributed by atoms with Gasteiger partial charge >= 0.3 is 5.97 Å². The van der Waals surface area contributed by atoms with Crippen molar-refractivity contribution in [2.75, 3.05) is 0 Å². The van der Waals surface area contributed by atoms with Gasteiger partial charge in [0.15, 0.2) is 6.10 Å². The second kappa shape index (κ2) is 20.4. The first-order valence-corrected chi connectivity index (χ1v) is 20.0. The molecule has 208 valence electrons. The molecule has 0 saturated heterocycles. The molecular weight excluding hydrogens is 472 g/mol. The van der Waals surface area contributed by atoms with Crippen molar-refractivity contribution >= 4 is 28.6 Å². The zero-order valence-electron chi connectivity index (χ0n) is 24.1. The second-order valence-electron chi connectivity index (χ2n) is 10.6. The predicted octanol–water partition coefficient (Wildman–Crippen LogP) is 8.52. The van der Waals surface area contributed by atoms with Crippen LogP contribution in [0.25, 0.3) is 0 Å². The Bertz CT molecular complexity index is 512. The van der Waals surface area contributed by atoms with Gasteiger partial charge in [0, 0.05) is 0 Å². The van der Waals surface area contributed by atoms with Gasteiger partial charge in [-0.1, -0.05) is 119 Å². The Balaban J connectivity index is 5.40. The highest BCUT2D eigenvalue weighted by atomic mass is 28.4. The molecular formula is C28H58O5Si2. The maximum atomic E-state index is 13.0. The van der Waals surface area contributed by atoms with Crippen LogP contribution in [0.2, 0.25) is 36.3 Å². The molecule has 0 aliphatic rings. The van der Waals surface area contributed by atoms with E-state index in [9.17, 15) is 14.7 Å². The third kappa shape index (κ3) is 14.6. The Labute approximate surface area is 219 Å². The van der Waals surface area contributed by atoms with E-state index >= 15 is 0 Å². The van der Waals surface area contributed by atoms with Crippen LogP contribution in [0.5, 0.6) is 0 Å². The highest BCUT2D eigenvalue weighted by molar-refractivity contribution is 6.75. The predicted molar refractivity (Wildman–Crippen MR) is 153 cm³/mol. The summed E-state index contributed by atoms with van der Waals surface area (Å²) >= 11 is 0. The van der Waals surface area contributed by atoms with Gasteiger partial charge in [-0.3, -0.25) is 9.59 Å². The van der Waals surface area contributed by atoms with E-state index < -0.39 is 34.7 Å². The standard InChI is InChI=1S/C28H58O5Si2/c1-7-13-19-34(20-14-8-2,21-15-9-3)32-27(30)25-26(29)28(31)33-35(22-16-10-4,23-17-11-5)24-18-12-6/h26,29H,7-25H2,1-6H3. The summed E-state index contributed by atoms with van der Waals surface area (Å²) in [5.41, 5.74) is 0. The van der Waals surface area contributed by atoms with Crippen molar-refractivity contribution in [2.45, 2.75) is 167 Å². The second-order valence-corrected chi connectivity index (χ2v) is 18.7. The molecule has 1 N–H and O–H groups in total. The van der Waals surface area contributed by atoms with Gasteiger partial charge in [-0.2, -0.15) is 0 Å². The van der Waals surface area contributed by atoms with E-state index in [0.29, 0.717) is 0 Å². The van der Waals surface area contributed by atoms with Crippen LogP contribution >= 0.6 is 0 Å². The average molecular weight is 531 g/mol. The van der Waals surface area contributed by atoms with Crippen LogP contribution in [0.4, 0.5) is 0 Å². The number of rotatable bonds is 23. The Morgan fingerprint density at radius 2 is 0.857 bits per heavy atom. The van der Waals surface area contributed by atoms with E-state index in [-0.39, 0.29) is 6.42 Å². The van der Waals surface area contributed by atoms with Crippen LogP contribution in [0.15, 0.2) is 0 Å². The zero-order chi connectivity index (χ0) is 26.6. The number of hydrogen-bond acceptors (Lipinski definition) is 5. The van der Waals surface area contributed by atoms with Crippen LogP contribution in [0.3, 0.4) is 0 Å². The maximum Gasteiger partial charge on any atom is 0.322 e. The Hall–Kier alpha value is -0.666. The van der Waals surface area contributed by atoms with Gasteiger partial charge in [-0.15, -0.1) is 0 Å². The van der Waals surface area contributed by atoms with Crippen LogP contribution < -0.4 is 0 Å². The van der Waals surface area contributed by atoms with Gasteiger partial charge in [0.1, 0.15) is 0 Å². The fourth-order valence-corrected chi connectivity index (χ4v) is 14.1. The largest absolute Gasteiger partial charge is 0.519 e. The topological polar surface area (TPSA) is 72.8 Å². The van der Waals surface area contributed by atoms with E-state index in [1.54, 1.807) is 0 Å². The minimum absolute atomic E-state index is 0.280. The summed E-state index contributed by atoms with van der Waals surface area (Å²) in [5, 5.41) is 10.7. The fourth-order valence-electron chi connectivity index (χ4n) is 4.86. The van der Waals surface area contributed by atoms with Crippen LogP contribution in [-0.2, 0) is 18.4 Å². The summed E-state index contributed by atoms with van der Waals surface area (Å²) in [6.45, 7) is 13.0. The Kier molecular flexibility index (Phi) is 20.0. The van der Waals surface area contributed by atoms with Crippen molar-refractivity contribution in [1.82, 2.24) is 0 Å². The lowest BCUT2D eigenvalue weighted by Gasteiger charge is -2.33. The van der Waals surface area contributed by atoms with Crippen molar-refractivity contribution in [3.8, 4) is 0 Å². The Morgan fingerprint density at radius 3 is 1.14 bits per heavy atom. The third-order valence-corrected chi connectivity index (χ3v) is 16.1. The highest BCUT2D eigenvalue weighted by Crippen LogP contribution is 2.32. The third-order valence-electron chi connectivity index (χ3n) is 7.20. The number of hydrogen-bond donors (Lipinski definition) is 1. The highest BCUT2D eigenvalue weighted by Gasteiger charge is 2.40. The van der Waals surface area contributed by atoms with Gasteiger partial charge in [-0.25, -0.2) is 0 Å². The summed E-state index contributed by atoms with van der Waals surface area (Å²) in [6.07, 6.45) is 11.1. The molecule has 0 aliphatic carbocycles. The van der Waals surface area contributed by atoms with E-state index in [4.69, 9.17) is 8.85 Å². The minimum Gasteiger partial charge on any atom is -0.519 e. The Morgan fingerprint density at radius 1 is 0.571 bits per heavy atom. The number of aliphatic hydroxyl groups excluding tert-OH is 1. The van der Waals surface area contributed by atoms with Crippen molar-refractivity contribution in [2.24, 2.45) is 0 Å². The van der Waals surface area contributed by atoms with Gasteiger partial charge in [0.2, 0.25) is 0 Å². The molecule has 5 nitrogen and oxygen atoms in total. The molecule has 0 spiro atoms. The summed E-state index contributed by atoms with van der Waals surface area (Å²) < 4.78 is 12.4. The molecule has 0 aromatic rings. The molecule has 0 amide bonds. The smallest absolute Gasteiger partial charge is 0.322 e. The molecule has 0 aromatic carbocycles. The summed E-state index contributed by atoms with van der Waals surface area (Å²) in [5.74, 6) is -1.01. The molecule has 1 atom stereocenters. The first-order valence-electron chi connectivity index (χ1n) is 14.9. The maximum absolute atomic E-state index is 13.0. The van der Waals surface area contributed by atoms with Gasteiger partial charge in [0.05, 0.1) is 6.42 Å². The number of carbonyl (C=O) groups is 2. The van der Waals surface area contributed by atoms with Crippen LogP contribution in [-0.4, -0.2) is 39.8 Å². The first kappa shape index (κ1) is 34.3. The molecule has 0 fully saturated rings. The zero-order valence-corrected chi connectivity index (χ0v) is 26.1. The lowest BCUT2D eigenvalue weighted by atomic mass is 10.3. The lowest BCUT2D eigenvalue weighted by molar-refractivity contribution is -0.151. The van der Waals surface area contributed by atoms with Gasteiger partial charge in [0.25, 0.3) is 22.6 Å². The minimum atomic E-state index is -2.29. The summed E-state index contributed by atoms with van der Waals surface area (Å²) in [4.78, 5) is 26.0. The van der Waals surface area contributed by atoms with Gasteiger partial charge in [-0.05, 0) is 36.3 Å². The molecule has 0 aliphatic heterocycles. The number of carbonyl (C=O) groups excluding carboxylic acids is 2. The molecule has 0 radical (unpaired) electrons. The normalized spacial score (nSPS) is 13.0. The van der Waals surface area contributed by atoms with Crippen LogP contribution in [0.1, 0.15) is 125 Å². The molecule has 0 aromatic heterocycles. The van der Waals surface area contributed by atoms with Gasteiger partial charge < -0.3 is 14.0 Å². The van der Waals surface area contributed by atoms with E-state index in [2.05, 4.69) is 41.5 Å². The molecule has 7 heteroatoms. The molecule has 0 saturated carbocycles. The molecule has 0 heterocycles. The SMILES string of the molecule is CCCC[Si](CCCC)(CCCC)OC(=O)CC(O)C(=O)O[Si](CCCC)(CCCC)CCCC. The van der Waals surface area contributed by atoms with Crippen molar-refractivity contribution in [3.63, 3.8) is 0 Å². The first-order chi connectivity index (χ1) is 16.8.